The van der Waals surface area contributed by atoms with Gasteiger partial charge in [-0.2, -0.15) is 18.2 Å². The molecule has 0 spiro atoms. The number of likely N-dealkylation sites (N-methyl/N-ethyl adjacent to an activating group) is 1. The molecule has 2 saturated heterocycles. The van der Waals surface area contributed by atoms with Gasteiger partial charge < -0.3 is 15.1 Å². The summed E-state index contributed by atoms with van der Waals surface area (Å²) in [7, 11) is 0. The fourth-order valence-corrected chi connectivity index (χ4v) is 4.81. The Morgan fingerprint density at radius 3 is 2.34 bits per heavy atom. The van der Waals surface area contributed by atoms with Crippen LogP contribution in [0.5, 0.6) is 0 Å². The molecule has 38 heavy (non-hydrogen) atoms. The van der Waals surface area contributed by atoms with Gasteiger partial charge in [0.2, 0.25) is 5.95 Å². The number of nitrogens with zero attached hydrogens (tertiary/aromatic N) is 5. The molecule has 1 N–H and O–H groups in total. The molecule has 1 unspecified atom stereocenters. The third-order valence-corrected chi connectivity index (χ3v) is 6.78. The zero-order chi connectivity index (χ0) is 26.9. The molecule has 2 fully saturated rings. The molecule has 0 aliphatic carbocycles. The molecule has 7 nitrogen and oxygen atoms in total. The van der Waals surface area contributed by atoms with Crippen LogP contribution in [0.4, 0.5) is 45.1 Å². The van der Waals surface area contributed by atoms with Crippen molar-refractivity contribution >= 4 is 23.1 Å². The van der Waals surface area contributed by atoms with Crippen molar-refractivity contribution in [3.05, 3.63) is 71.4 Å². The van der Waals surface area contributed by atoms with Gasteiger partial charge in [0.05, 0.1) is 12.6 Å². The average Bonchev–Trinajstić information content (AvgIpc) is 3.39. The lowest BCUT2D eigenvalue weighted by atomic mass is 10.0. The minimum Gasteiger partial charge on any atom is -0.364 e. The predicted octanol–water partition coefficient (Wildman–Crippen LogP) is 5.54. The number of benzene rings is 2. The van der Waals surface area contributed by atoms with E-state index in [1.807, 2.05) is 13.0 Å². The monoisotopic (exact) mass is 534 g/mol. The first-order valence-electron chi connectivity index (χ1n) is 12.4. The Morgan fingerprint density at radius 1 is 1.03 bits per heavy atom. The van der Waals surface area contributed by atoms with E-state index >= 15 is 8.78 Å². The van der Waals surface area contributed by atoms with Crippen LogP contribution in [0, 0.1) is 11.6 Å². The highest BCUT2D eigenvalue weighted by Crippen LogP contribution is 2.41. The van der Waals surface area contributed by atoms with Crippen molar-refractivity contribution in [3.8, 4) is 0 Å². The maximum atomic E-state index is 15.0. The Bertz CT molecular complexity index is 1240. The van der Waals surface area contributed by atoms with E-state index in [0.29, 0.717) is 38.8 Å². The number of hydrogen-bond donors (Lipinski definition) is 1. The summed E-state index contributed by atoms with van der Waals surface area (Å²) in [6, 6.07) is 10.7. The lowest BCUT2D eigenvalue weighted by molar-refractivity contribution is -0.138. The van der Waals surface area contributed by atoms with Gasteiger partial charge in [0.1, 0.15) is 11.3 Å². The van der Waals surface area contributed by atoms with Crippen molar-refractivity contribution in [2.45, 2.75) is 25.6 Å². The zero-order valence-corrected chi connectivity index (χ0v) is 20.7. The topological polar surface area (TPSA) is 56.8 Å². The Balaban J connectivity index is 1.43. The summed E-state index contributed by atoms with van der Waals surface area (Å²) in [5.41, 5.74) is -0.462. The van der Waals surface area contributed by atoms with Crippen molar-refractivity contribution in [1.29, 1.82) is 0 Å². The number of hydrogen-bond acceptors (Lipinski definition) is 7. The van der Waals surface area contributed by atoms with Gasteiger partial charge in [0.15, 0.2) is 17.5 Å². The molecule has 202 valence electrons. The minimum atomic E-state index is -4.75. The first-order chi connectivity index (χ1) is 18.2. The molecule has 2 aliphatic heterocycles. The van der Waals surface area contributed by atoms with Gasteiger partial charge in [0.25, 0.3) is 0 Å². The predicted molar refractivity (Wildman–Crippen MR) is 133 cm³/mol. The molecule has 1 atom stereocenters. The molecule has 2 aliphatic rings. The Labute approximate surface area is 216 Å². The Kier molecular flexibility index (Phi) is 7.35. The minimum absolute atomic E-state index is 0.0244. The second-order valence-electron chi connectivity index (χ2n) is 9.14. The molecule has 3 heterocycles. The number of aromatic nitrogens is 2. The fourth-order valence-electron chi connectivity index (χ4n) is 4.81. The van der Waals surface area contributed by atoms with E-state index in [0.717, 1.165) is 29.3 Å². The van der Waals surface area contributed by atoms with Gasteiger partial charge in [-0.3, -0.25) is 4.84 Å². The molecule has 2 aromatic carbocycles. The third kappa shape index (κ3) is 5.37. The van der Waals surface area contributed by atoms with E-state index in [1.54, 1.807) is 29.2 Å². The third-order valence-electron chi connectivity index (χ3n) is 6.78. The maximum absolute atomic E-state index is 15.0. The smallest absolute Gasteiger partial charge is 0.364 e. The number of hydroxylamine groups is 1. The highest BCUT2D eigenvalue weighted by Gasteiger charge is 2.40. The normalized spacial score (nSPS) is 18.7. The Hall–Kier alpha value is -3.51. The summed E-state index contributed by atoms with van der Waals surface area (Å²) in [5.74, 6) is -2.29. The highest BCUT2D eigenvalue weighted by molar-refractivity contribution is 5.63. The quantitative estimate of drug-likeness (QED) is 0.417. The molecule has 3 aromatic rings. The number of halogens is 5. The lowest BCUT2D eigenvalue weighted by Crippen LogP contribution is -2.46. The van der Waals surface area contributed by atoms with Crippen LogP contribution in [-0.2, 0) is 11.0 Å². The molecular weight excluding hydrogens is 507 g/mol. The summed E-state index contributed by atoms with van der Waals surface area (Å²) in [4.78, 5) is 17.3. The molecule has 0 amide bonds. The van der Waals surface area contributed by atoms with E-state index < -0.39 is 35.2 Å². The number of nitrogens with one attached hydrogen (secondary N) is 1. The van der Waals surface area contributed by atoms with Crippen molar-refractivity contribution < 1.29 is 26.8 Å². The van der Waals surface area contributed by atoms with E-state index in [-0.39, 0.29) is 23.9 Å². The fraction of sp³-hybridized carbons (Fsp3) is 0.385. The lowest BCUT2D eigenvalue weighted by Gasteiger charge is -2.35. The average molecular weight is 535 g/mol. The summed E-state index contributed by atoms with van der Waals surface area (Å²) >= 11 is 0. The SMILES string of the molecule is CCN1CCN(c2c(F)cc(Nc3ncc(C(F)(F)F)c(N4OCCC4c4ccccc4)n3)cc2F)CC1. The number of piperazine rings is 1. The first kappa shape index (κ1) is 26.1. The second-order valence-corrected chi connectivity index (χ2v) is 9.14. The Morgan fingerprint density at radius 2 is 1.71 bits per heavy atom. The standard InChI is InChI=1S/C26H27F5N6O/c1-2-35-9-11-36(12-10-35)23-20(27)14-18(15-21(23)28)33-25-32-16-19(26(29,30)31)24(34-25)37-22(8-13-38-37)17-6-4-3-5-7-17/h3-7,14-16,22H,2,8-13H2,1H3,(H,32,33,34). The van der Waals surface area contributed by atoms with Gasteiger partial charge in [-0.15, -0.1) is 0 Å². The van der Waals surface area contributed by atoms with E-state index in [2.05, 4.69) is 20.2 Å². The van der Waals surface area contributed by atoms with E-state index in [4.69, 9.17) is 4.84 Å². The van der Waals surface area contributed by atoms with Crippen molar-refractivity contribution in [2.75, 3.05) is 54.6 Å². The number of anilines is 4. The van der Waals surface area contributed by atoms with Crippen LogP contribution in [0.3, 0.4) is 0 Å². The van der Waals surface area contributed by atoms with E-state index in [1.165, 1.54) is 0 Å². The molecular formula is C26H27F5N6O. The van der Waals surface area contributed by atoms with Gasteiger partial charge >= 0.3 is 6.18 Å². The van der Waals surface area contributed by atoms with Gasteiger partial charge in [-0.1, -0.05) is 37.3 Å². The van der Waals surface area contributed by atoms with Gasteiger partial charge in [-0.05, 0) is 24.2 Å². The molecule has 1 aromatic heterocycles. The van der Waals surface area contributed by atoms with E-state index in [9.17, 15) is 13.2 Å². The van der Waals surface area contributed by atoms with Crippen LogP contribution in [0.15, 0.2) is 48.7 Å². The summed E-state index contributed by atoms with van der Waals surface area (Å²) in [6.45, 7) is 5.46. The molecule has 0 bridgehead atoms. The number of rotatable bonds is 6. The summed E-state index contributed by atoms with van der Waals surface area (Å²) in [5, 5.41) is 3.78. The zero-order valence-electron chi connectivity index (χ0n) is 20.7. The van der Waals surface area contributed by atoms with Crippen molar-refractivity contribution in [2.24, 2.45) is 0 Å². The first-order valence-corrected chi connectivity index (χ1v) is 12.4. The second kappa shape index (κ2) is 10.7. The van der Waals surface area contributed by atoms with Crippen LogP contribution >= 0.6 is 0 Å². The van der Waals surface area contributed by atoms with Crippen LogP contribution in [0.25, 0.3) is 0 Å². The number of alkyl halides is 3. The molecule has 12 heteroatoms. The summed E-state index contributed by atoms with van der Waals surface area (Å²) < 4.78 is 71.6. The van der Waals surface area contributed by atoms with Crippen molar-refractivity contribution in [1.82, 2.24) is 14.9 Å². The molecule has 0 radical (unpaired) electrons. The molecule has 5 rings (SSSR count). The van der Waals surface area contributed by atoms with Crippen LogP contribution in [0.2, 0.25) is 0 Å². The van der Waals surface area contributed by atoms with Gasteiger partial charge in [0, 0.05) is 44.5 Å². The highest BCUT2D eigenvalue weighted by atomic mass is 19.4. The van der Waals surface area contributed by atoms with Crippen molar-refractivity contribution in [3.63, 3.8) is 0 Å². The maximum Gasteiger partial charge on any atom is 0.421 e. The van der Waals surface area contributed by atoms with Gasteiger partial charge in [-0.25, -0.2) is 18.8 Å². The van der Waals surface area contributed by atoms with Crippen LogP contribution in [0.1, 0.15) is 30.5 Å². The van der Waals surface area contributed by atoms with Crippen LogP contribution < -0.4 is 15.3 Å². The van der Waals surface area contributed by atoms with Crippen LogP contribution in [-0.4, -0.2) is 54.2 Å². The molecule has 0 saturated carbocycles. The largest absolute Gasteiger partial charge is 0.421 e. The summed E-state index contributed by atoms with van der Waals surface area (Å²) in [6.07, 6.45) is -3.65.